The zero-order valence-corrected chi connectivity index (χ0v) is 14.1. The third kappa shape index (κ3) is 5.54. The van der Waals surface area contributed by atoms with Gasteiger partial charge in [-0.2, -0.15) is 0 Å². The Balaban J connectivity index is 1.61. The van der Waals surface area contributed by atoms with Crippen molar-refractivity contribution in [3.05, 3.63) is 70.8 Å². The van der Waals surface area contributed by atoms with Crippen molar-refractivity contribution in [1.82, 2.24) is 0 Å². The second kappa shape index (κ2) is 8.87. The molecule has 126 valence electrons. The molecule has 0 atom stereocenters. The number of rotatable bonds is 7. The molecule has 0 fully saturated rings. The minimum absolute atomic E-state index is 0.314. The molecule has 2 aromatic rings. The largest absolute Gasteiger partial charge is 0.462 e. The van der Waals surface area contributed by atoms with Gasteiger partial charge in [-0.25, -0.2) is 9.59 Å². The van der Waals surface area contributed by atoms with E-state index in [1.165, 1.54) is 0 Å². The van der Waals surface area contributed by atoms with Gasteiger partial charge in [0.15, 0.2) is 0 Å². The highest BCUT2D eigenvalue weighted by Gasteiger charge is 2.07. The predicted octanol–water partition coefficient (Wildman–Crippen LogP) is 4.10. The Morgan fingerprint density at radius 1 is 0.667 bits per heavy atom. The first-order valence-corrected chi connectivity index (χ1v) is 8.04. The highest BCUT2D eigenvalue weighted by molar-refractivity contribution is 5.89. The summed E-state index contributed by atoms with van der Waals surface area (Å²) in [5.41, 5.74) is 3.29. The van der Waals surface area contributed by atoms with E-state index in [0.717, 1.165) is 11.1 Å². The minimum Gasteiger partial charge on any atom is -0.462 e. The molecule has 2 rings (SSSR count). The van der Waals surface area contributed by atoms with Crippen LogP contribution in [0.1, 0.15) is 44.7 Å². The van der Waals surface area contributed by atoms with Crippen LogP contribution in [0.25, 0.3) is 0 Å². The maximum atomic E-state index is 11.8. The molecule has 0 heterocycles. The van der Waals surface area contributed by atoms with Crippen molar-refractivity contribution in [1.29, 1.82) is 0 Å². The third-order valence-electron chi connectivity index (χ3n) is 3.58. The zero-order chi connectivity index (χ0) is 17.4. The van der Waals surface area contributed by atoms with E-state index in [4.69, 9.17) is 9.47 Å². The summed E-state index contributed by atoms with van der Waals surface area (Å²) in [6, 6.07) is 14.5. The lowest BCUT2D eigenvalue weighted by atomic mass is 10.1. The monoisotopic (exact) mass is 326 g/mol. The summed E-state index contributed by atoms with van der Waals surface area (Å²) < 4.78 is 10.4. The fourth-order valence-electron chi connectivity index (χ4n) is 2.08. The van der Waals surface area contributed by atoms with Crippen molar-refractivity contribution in [2.24, 2.45) is 0 Å². The van der Waals surface area contributed by atoms with Crippen LogP contribution in [0.4, 0.5) is 0 Å². The van der Waals surface area contributed by atoms with Crippen LogP contribution in [0.3, 0.4) is 0 Å². The Labute approximate surface area is 142 Å². The Morgan fingerprint density at radius 2 is 1.00 bits per heavy atom. The number of aryl methyl sites for hydroxylation is 2. The van der Waals surface area contributed by atoms with Crippen LogP contribution in [-0.2, 0) is 9.47 Å². The molecule has 0 bridgehead atoms. The average molecular weight is 326 g/mol. The first-order chi connectivity index (χ1) is 11.6. The summed E-state index contributed by atoms with van der Waals surface area (Å²) in [6.07, 6.45) is 1.30. The van der Waals surface area contributed by atoms with E-state index in [1.54, 1.807) is 24.3 Å². The highest BCUT2D eigenvalue weighted by atomic mass is 16.5. The quantitative estimate of drug-likeness (QED) is 0.568. The normalized spacial score (nSPS) is 10.2. The standard InChI is InChI=1S/C20H22O4/c1-15-5-9-17(10-6-15)19(21)23-13-3-4-14-24-20(22)18-11-7-16(2)8-12-18/h5-12H,3-4,13-14H2,1-2H3. The molecule has 0 N–H and O–H groups in total. The van der Waals surface area contributed by atoms with Gasteiger partial charge in [0.25, 0.3) is 0 Å². The van der Waals surface area contributed by atoms with Gasteiger partial charge in [0.05, 0.1) is 24.3 Å². The van der Waals surface area contributed by atoms with Gasteiger partial charge < -0.3 is 9.47 Å². The molecule has 0 saturated carbocycles. The number of esters is 2. The number of carbonyl (C=O) groups is 2. The van der Waals surface area contributed by atoms with Crippen LogP contribution in [0.2, 0.25) is 0 Å². The second-order valence-corrected chi connectivity index (χ2v) is 5.71. The molecule has 0 amide bonds. The van der Waals surface area contributed by atoms with Crippen molar-refractivity contribution in [3.63, 3.8) is 0 Å². The molecular weight excluding hydrogens is 304 g/mol. The molecule has 0 saturated heterocycles. The Morgan fingerprint density at radius 3 is 1.33 bits per heavy atom. The summed E-state index contributed by atoms with van der Waals surface area (Å²) >= 11 is 0. The average Bonchev–Trinajstić information content (AvgIpc) is 2.58. The molecule has 0 radical (unpaired) electrons. The van der Waals surface area contributed by atoms with Crippen molar-refractivity contribution < 1.29 is 19.1 Å². The lowest BCUT2D eigenvalue weighted by Gasteiger charge is -2.06. The molecule has 0 unspecified atom stereocenters. The Kier molecular flexibility index (Phi) is 6.55. The van der Waals surface area contributed by atoms with Gasteiger partial charge in [0.1, 0.15) is 0 Å². The highest BCUT2D eigenvalue weighted by Crippen LogP contribution is 2.07. The number of unbranched alkanes of at least 4 members (excludes halogenated alkanes) is 1. The molecule has 4 nitrogen and oxygen atoms in total. The van der Waals surface area contributed by atoms with E-state index in [1.807, 2.05) is 38.1 Å². The van der Waals surface area contributed by atoms with E-state index >= 15 is 0 Å². The van der Waals surface area contributed by atoms with Crippen LogP contribution in [0, 0.1) is 13.8 Å². The number of carbonyl (C=O) groups excluding carboxylic acids is 2. The lowest BCUT2D eigenvalue weighted by molar-refractivity contribution is 0.0432. The van der Waals surface area contributed by atoms with Crippen LogP contribution >= 0.6 is 0 Å². The molecule has 2 aromatic carbocycles. The SMILES string of the molecule is Cc1ccc(C(=O)OCCCCOC(=O)c2ccc(C)cc2)cc1. The summed E-state index contributed by atoms with van der Waals surface area (Å²) in [7, 11) is 0. The molecule has 0 spiro atoms. The minimum atomic E-state index is -0.327. The summed E-state index contributed by atoms with van der Waals surface area (Å²) in [4.78, 5) is 23.6. The molecule has 0 aliphatic carbocycles. The zero-order valence-electron chi connectivity index (χ0n) is 14.1. The van der Waals surface area contributed by atoms with Crippen molar-refractivity contribution in [2.75, 3.05) is 13.2 Å². The topological polar surface area (TPSA) is 52.6 Å². The van der Waals surface area contributed by atoms with Crippen LogP contribution < -0.4 is 0 Å². The van der Waals surface area contributed by atoms with Crippen LogP contribution in [0.15, 0.2) is 48.5 Å². The summed E-state index contributed by atoms with van der Waals surface area (Å²) in [5.74, 6) is -0.654. The second-order valence-electron chi connectivity index (χ2n) is 5.71. The van der Waals surface area contributed by atoms with Gasteiger partial charge in [-0.3, -0.25) is 0 Å². The Hall–Kier alpha value is -2.62. The van der Waals surface area contributed by atoms with Gasteiger partial charge in [0, 0.05) is 0 Å². The number of hydrogen-bond acceptors (Lipinski definition) is 4. The van der Waals surface area contributed by atoms with Gasteiger partial charge in [-0.1, -0.05) is 35.4 Å². The van der Waals surface area contributed by atoms with E-state index in [2.05, 4.69) is 0 Å². The number of hydrogen-bond donors (Lipinski definition) is 0. The molecule has 0 aliphatic heterocycles. The lowest BCUT2D eigenvalue weighted by Crippen LogP contribution is -2.09. The maximum absolute atomic E-state index is 11.8. The molecule has 24 heavy (non-hydrogen) atoms. The van der Waals surface area contributed by atoms with E-state index in [0.29, 0.717) is 37.2 Å². The molecule has 0 aromatic heterocycles. The van der Waals surface area contributed by atoms with Crippen LogP contribution in [0.5, 0.6) is 0 Å². The van der Waals surface area contributed by atoms with E-state index < -0.39 is 0 Å². The fraction of sp³-hybridized carbons (Fsp3) is 0.300. The summed E-state index contributed by atoms with van der Waals surface area (Å²) in [6.45, 7) is 4.56. The molecular formula is C20H22O4. The first kappa shape index (κ1) is 17.7. The van der Waals surface area contributed by atoms with Gasteiger partial charge in [0.2, 0.25) is 0 Å². The van der Waals surface area contributed by atoms with Crippen molar-refractivity contribution in [3.8, 4) is 0 Å². The molecule has 0 aliphatic rings. The Bertz CT molecular complexity index is 610. The van der Waals surface area contributed by atoms with Gasteiger partial charge >= 0.3 is 11.9 Å². The van der Waals surface area contributed by atoms with E-state index in [9.17, 15) is 9.59 Å². The van der Waals surface area contributed by atoms with Crippen LogP contribution in [-0.4, -0.2) is 25.2 Å². The summed E-state index contributed by atoms with van der Waals surface area (Å²) in [5, 5.41) is 0. The fourth-order valence-corrected chi connectivity index (χ4v) is 2.08. The first-order valence-electron chi connectivity index (χ1n) is 8.04. The number of benzene rings is 2. The van der Waals surface area contributed by atoms with Gasteiger partial charge in [-0.15, -0.1) is 0 Å². The predicted molar refractivity (Wildman–Crippen MR) is 92.2 cm³/mol. The van der Waals surface area contributed by atoms with Crippen molar-refractivity contribution >= 4 is 11.9 Å². The smallest absolute Gasteiger partial charge is 0.338 e. The van der Waals surface area contributed by atoms with E-state index in [-0.39, 0.29) is 11.9 Å². The number of ether oxygens (including phenoxy) is 2. The third-order valence-corrected chi connectivity index (χ3v) is 3.58. The van der Waals surface area contributed by atoms with Crippen molar-refractivity contribution in [2.45, 2.75) is 26.7 Å². The maximum Gasteiger partial charge on any atom is 0.338 e. The van der Waals surface area contributed by atoms with Gasteiger partial charge in [-0.05, 0) is 51.0 Å². The molecule has 4 heteroatoms.